The van der Waals surface area contributed by atoms with Crippen LogP contribution in [-0.2, 0) is 6.54 Å². The van der Waals surface area contributed by atoms with Gasteiger partial charge in [0.15, 0.2) is 6.29 Å². The average molecular weight is 321 g/mol. The van der Waals surface area contributed by atoms with Crippen LogP contribution in [0.3, 0.4) is 0 Å². The van der Waals surface area contributed by atoms with Crippen LogP contribution in [0.2, 0.25) is 0 Å². The Hall–Kier alpha value is -1.76. The molecule has 1 aromatic carbocycles. The molecule has 0 aliphatic rings. The van der Waals surface area contributed by atoms with E-state index in [1.165, 1.54) is 37.3 Å². The Bertz CT molecular complexity index is 578. The molecule has 4 nitrogen and oxygen atoms in total. The lowest BCUT2D eigenvalue weighted by Crippen LogP contribution is -2.14. The van der Waals surface area contributed by atoms with Crippen molar-refractivity contribution in [3.63, 3.8) is 0 Å². The minimum absolute atomic E-state index is 0.229. The van der Waals surface area contributed by atoms with E-state index in [0.717, 1.165) is 23.3 Å². The predicted octanol–water partition coefficient (Wildman–Crippen LogP) is 3.14. The topological polar surface area (TPSA) is 59.2 Å². The highest BCUT2D eigenvalue weighted by Crippen LogP contribution is 2.24. The molecule has 6 heteroatoms. The van der Waals surface area contributed by atoms with Crippen LogP contribution in [0.1, 0.15) is 22.8 Å². The van der Waals surface area contributed by atoms with E-state index in [2.05, 4.69) is 15.0 Å². The summed E-state index contributed by atoms with van der Waals surface area (Å²) in [5, 5.41) is 0. The smallest absolute Gasteiger partial charge is 0.151 e. The van der Waals surface area contributed by atoms with Gasteiger partial charge in [0.2, 0.25) is 0 Å². The summed E-state index contributed by atoms with van der Waals surface area (Å²) in [5.74, 6) is -0.229. The lowest BCUT2D eigenvalue weighted by molar-refractivity contribution is 0.112. The molecule has 2 N–H and O–H groups in total. The lowest BCUT2D eigenvalue weighted by atomic mass is 10.2. The van der Waals surface area contributed by atoms with Gasteiger partial charge in [-0.3, -0.25) is 9.78 Å². The van der Waals surface area contributed by atoms with Gasteiger partial charge in [-0.1, -0.05) is 19.1 Å². The minimum Gasteiger partial charge on any atom is -0.333 e. The summed E-state index contributed by atoms with van der Waals surface area (Å²) in [7, 11) is 1.50. The number of aldehydes is 1. The number of rotatable bonds is 6. The molecule has 0 aliphatic heterocycles. The molecule has 0 amide bonds. The summed E-state index contributed by atoms with van der Waals surface area (Å²) in [6.07, 6.45) is 4.05. The molecule has 0 fully saturated rings. The Morgan fingerprint density at radius 1 is 1.27 bits per heavy atom. The van der Waals surface area contributed by atoms with Crippen LogP contribution in [0.4, 0.5) is 4.39 Å². The maximum Gasteiger partial charge on any atom is 0.151 e. The largest absolute Gasteiger partial charge is 0.333 e. The van der Waals surface area contributed by atoms with Gasteiger partial charge in [-0.05, 0) is 42.8 Å². The van der Waals surface area contributed by atoms with E-state index in [1.54, 1.807) is 24.4 Å². The van der Waals surface area contributed by atoms with Crippen LogP contribution in [0.25, 0.3) is 0 Å². The normalized spacial score (nSPS) is 10.0. The highest BCUT2D eigenvalue weighted by Gasteiger charge is 2.07. The molecule has 2 aromatic rings. The quantitative estimate of drug-likeness (QED) is 0.654. The molecule has 0 spiro atoms. The number of benzene rings is 1. The molecule has 0 unspecified atom stereocenters. The van der Waals surface area contributed by atoms with Crippen molar-refractivity contribution in [2.75, 3.05) is 13.6 Å². The van der Waals surface area contributed by atoms with Gasteiger partial charge < -0.3 is 5.73 Å². The number of hydrogen-bond donors (Lipinski definition) is 1. The third-order valence-corrected chi connectivity index (χ3v) is 3.81. The first-order chi connectivity index (χ1) is 10.7. The van der Waals surface area contributed by atoms with Crippen molar-refractivity contribution < 1.29 is 9.18 Å². The first-order valence-electron chi connectivity index (χ1n) is 6.86. The number of nitrogens with zero attached hydrogens (tertiary/aromatic N) is 2. The van der Waals surface area contributed by atoms with Crippen LogP contribution in [0.15, 0.2) is 47.6 Å². The van der Waals surface area contributed by atoms with E-state index in [1.807, 2.05) is 6.92 Å². The lowest BCUT2D eigenvalue weighted by Gasteiger charge is -2.19. The Kier molecular flexibility index (Phi) is 8.35. The van der Waals surface area contributed by atoms with Crippen molar-refractivity contribution in [3.05, 3.63) is 59.7 Å². The second-order valence-electron chi connectivity index (χ2n) is 4.25. The van der Waals surface area contributed by atoms with Crippen molar-refractivity contribution in [3.8, 4) is 0 Å². The van der Waals surface area contributed by atoms with E-state index in [9.17, 15) is 9.18 Å². The molecule has 0 radical (unpaired) electrons. The first-order valence-corrected chi connectivity index (χ1v) is 7.64. The highest BCUT2D eigenvalue weighted by molar-refractivity contribution is 7.97. The molecule has 1 heterocycles. The van der Waals surface area contributed by atoms with Crippen molar-refractivity contribution in [1.82, 2.24) is 9.29 Å². The summed E-state index contributed by atoms with van der Waals surface area (Å²) < 4.78 is 15.0. The first kappa shape index (κ1) is 18.3. The van der Waals surface area contributed by atoms with Crippen LogP contribution in [-0.4, -0.2) is 29.2 Å². The maximum atomic E-state index is 12.9. The van der Waals surface area contributed by atoms with Crippen molar-refractivity contribution >= 4 is 18.2 Å². The third-order valence-electron chi connectivity index (χ3n) is 2.73. The molecule has 1 aromatic heterocycles. The van der Waals surface area contributed by atoms with E-state index in [0.29, 0.717) is 12.1 Å². The molecule has 2 rings (SSSR count). The summed E-state index contributed by atoms with van der Waals surface area (Å²) >= 11 is 1.54. The van der Waals surface area contributed by atoms with E-state index in [-0.39, 0.29) is 5.82 Å². The molecular formula is C16H20FN3OS. The number of nitrogens with two attached hydrogens (primary N) is 1. The van der Waals surface area contributed by atoms with Gasteiger partial charge in [-0.25, -0.2) is 8.70 Å². The minimum atomic E-state index is -0.229. The van der Waals surface area contributed by atoms with Gasteiger partial charge >= 0.3 is 0 Å². The predicted molar refractivity (Wildman–Crippen MR) is 88.1 cm³/mol. The SMILES string of the molecule is CCN(Cc1ccc(F)cc1)Sc1cncc(C=O)c1.CN. The monoisotopic (exact) mass is 321 g/mol. The fourth-order valence-corrected chi connectivity index (χ4v) is 2.64. The Morgan fingerprint density at radius 2 is 1.95 bits per heavy atom. The molecule has 0 saturated heterocycles. The summed E-state index contributed by atoms with van der Waals surface area (Å²) in [4.78, 5) is 15.7. The van der Waals surface area contributed by atoms with Crippen LogP contribution in [0, 0.1) is 5.82 Å². The fourth-order valence-electron chi connectivity index (χ4n) is 1.70. The van der Waals surface area contributed by atoms with Gasteiger partial charge in [-0.2, -0.15) is 0 Å². The number of aromatic nitrogens is 1. The summed E-state index contributed by atoms with van der Waals surface area (Å²) in [6.45, 7) is 3.58. The Labute approximate surface area is 134 Å². The van der Waals surface area contributed by atoms with Crippen LogP contribution < -0.4 is 5.73 Å². The molecule has 22 heavy (non-hydrogen) atoms. The number of halogens is 1. The Morgan fingerprint density at radius 3 is 2.55 bits per heavy atom. The summed E-state index contributed by atoms with van der Waals surface area (Å²) in [6, 6.07) is 8.28. The molecule has 0 saturated carbocycles. The van der Waals surface area contributed by atoms with Crippen molar-refractivity contribution in [2.45, 2.75) is 18.4 Å². The fraction of sp³-hybridized carbons (Fsp3) is 0.250. The average Bonchev–Trinajstić information content (AvgIpc) is 2.58. The van der Waals surface area contributed by atoms with Gasteiger partial charge in [0.05, 0.1) is 0 Å². The number of pyridine rings is 1. The molecular weight excluding hydrogens is 301 g/mol. The van der Waals surface area contributed by atoms with E-state index in [4.69, 9.17) is 0 Å². The van der Waals surface area contributed by atoms with Crippen LogP contribution >= 0.6 is 11.9 Å². The van der Waals surface area contributed by atoms with Gasteiger partial charge in [0.25, 0.3) is 0 Å². The van der Waals surface area contributed by atoms with E-state index < -0.39 is 0 Å². The second-order valence-corrected chi connectivity index (χ2v) is 5.42. The Balaban J connectivity index is 0.00000116. The standard InChI is InChI=1S/C15H15FN2OS.CH5N/c1-2-18(10-12-3-5-14(16)6-4-12)20-15-7-13(11-19)8-17-9-15;1-2/h3-9,11H,2,10H2,1H3;2H2,1H3. The molecule has 0 bridgehead atoms. The zero-order chi connectivity index (χ0) is 16.4. The summed E-state index contributed by atoms with van der Waals surface area (Å²) in [5.41, 5.74) is 6.10. The van der Waals surface area contributed by atoms with E-state index >= 15 is 0 Å². The van der Waals surface area contributed by atoms with Crippen molar-refractivity contribution in [1.29, 1.82) is 0 Å². The zero-order valence-electron chi connectivity index (χ0n) is 12.7. The van der Waals surface area contributed by atoms with Crippen LogP contribution in [0.5, 0.6) is 0 Å². The van der Waals surface area contributed by atoms with Crippen molar-refractivity contribution in [2.24, 2.45) is 5.73 Å². The van der Waals surface area contributed by atoms with Gasteiger partial charge in [0, 0.05) is 35.9 Å². The highest BCUT2D eigenvalue weighted by atomic mass is 32.2. The number of carbonyl (C=O) groups is 1. The molecule has 0 aliphatic carbocycles. The second kappa shape index (κ2) is 10.0. The molecule has 0 atom stereocenters. The number of carbonyl (C=O) groups excluding carboxylic acids is 1. The zero-order valence-corrected chi connectivity index (χ0v) is 13.5. The molecule has 118 valence electrons. The number of hydrogen-bond acceptors (Lipinski definition) is 5. The maximum absolute atomic E-state index is 12.9. The van der Waals surface area contributed by atoms with Gasteiger partial charge in [-0.15, -0.1) is 0 Å². The van der Waals surface area contributed by atoms with Gasteiger partial charge in [0.1, 0.15) is 5.82 Å². The third kappa shape index (κ3) is 5.93.